The molecule has 160 valence electrons. The zero-order valence-corrected chi connectivity index (χ0v) is 18.4. The van der Waals surface area contributed by atoms with Crippen LogP contribution < -0.4 is 15.4 Å². The van der Waals surface area contributed by atoms with Crippen LogP contribution in [0.2, 0.25) is 5.02 Å². The Labute approximate surface area is 182 Å². The predicted molar refractivity (Wildman–Crippen MR) is 120 cm³/mol. The van der Waals surface area contributed by atoms with Gasteiger partial charge in [0, 0.05) is 30.4 Å². The van der Waals surface area contributed by atoms with E-state index in [0.717, 1.165) is 29.7 Å². The summed E-state index contributed by atoms with van der Waals surface area (Å²) in [5, 5.41) is 6.32. The van der Waals surface area contributed by atoms with Crippen LogP contribution in [-0.2, 0) is 9.59 Å². The molecule has 0 bridgehead atoms. The van der Waals surface area contributed by atoms with Crippen LogP contribution in [0.3, 0.4) is 0 Å². The van der Waals surface area contributed by atoms with E-state index in [4.69, 9.17) is 16.3 Å². The molecule has 2 aromatic carbocycles. The Bertz CT molecular complexity index is 908. The van der Waals surface area contributed by atoms with E-state index in [2.05, 4.69) is 15.5 Å². The van der Waals surface area contributed by atoms with Crippen LogP contribution in [-0.4, -0.2) is 43.0 Å². The first-order valence-electron chi connectivity index (χ1n) is 10.1. The third-order valence-electron chi connectivity index (χ3n) is 5.22. The molecule has 7 heteroatoms. The Morgan fingerprint density at radius 1 is 1.10 bits per heavy atom. The van der Waals surface area contributed by atoms with E-state index >= 15 is 0 Å². The first kappa shape index (κ1) is 22.1. The molecule has 0 aliphatic heterocycles. The maximum atomic E-state index is 12.6. The van der Waals surface area contributed by atoms with Crippen molar-refractivity contribution in [3.63, 3.8) is 0 Å². The molecule has 1 aliphatic rings. The van der Waals surface area contributed by atoms with Crippen LogP contribution in [0.1, 0.15) is 30.4 Å². The Morgan fingerprint density at radius 2 is 1.80 bits per heavy atom. The summed E-state index contributed by atoms with van der Waals surface area (Å²) in [6.07, 6.45) is 2.43. The number of halogens is 1. The number of amides is 2. The third kappa shape index (κ3) is 5.97. The van der Waals surface area contributed by atoms with E-state index in [-0.39, 0.29) is 18.4 Å². The van der Waals surface area contributed by atoms with Gasteiger partial charge in [-0.15, -0.1) is 0 Å². The summed E-state index contributed by atoms with van der Waals surface area (Å²) in [4.78, 5) is 27.1. The number of nitrogens with one attached hydrogen (secondary N) is 2. The molecule has 1 aliphatic carbocycles. The van der Waals surface area contributed by atoms with Crippen molar-refractivity contribution in [2.75, 3.05) is 30.8 Å². The SMILES string of the molecule is COc1ccc(NC(=O)CCN(CC(=O)Nc2c(C)cccc2C)C2CC2)cc1Cl. The monoisotopic (exact) mass is 429 g/mol. The van der Waals surface area contributed by atoms with Gasteiger partial charge >= 0.3 is 0 Å². The van der Waals surface area contributed by atoms with Crippen LogP contribution in [0.4, 0.5) is 11.4 Å². The van der Waals surface area contributed by atoms with Gasteiger partial charge in [-0.2, -0.15) is 0 Å². The minimum atomic E-state index is -0.114. The van der Waals surface area contributed by atoms with Gasteiger partial charge in [-0.1, -0.05) is 29.8 Å². The molecular weight excluding hydrogens is 402 g/mol. The number of anilines is 2. The molecule has 2 aromatic rings. The standard InChI is InChI=1S/C23H28ClN3O3/c1-15-5-4-6-16(2)23(15)26-22(29)14-27(18-8-9-18)12-11-21(28)25-17-7-10-20(30-3)19(24)13-17/h4-7,10,13,18H,8-9,11-12,14H2,1-3H3,(H,25,28)(H,26,29). The van der Waals surface area contributed by atoms with Gasteiger partial charge in [0.1, 0.15) is 5.75 Å². The topological polar surface area (TPSA) is 70.7 Å². The van der Waals surface area contributed by atoms with Gasteiger partial charge in [0.2, 0.25) is 11.8 Å². The fraction of sp³-hybridized carbons (Fsp3) is 0.391. The molecule has 3 rings (SSSR count). The number of nitrogens with zero attached hydrogens (tertiary/aromatic N) is 1. The number of benzene rings is 2. The van der Waals surface area contributed by atoms with Crippen molar-refractivity contribution in [1.29, 1.82) is 0 Å². The Balaban J connectivity index is 1.52. The van der Waals surface area contributed by atoms with Gasteiger partial charge in [0.05, 0.1) is 18.7 Å². The van der Waals surface area contributed by atoms with Gasteiger partial charge in [0.25, 0.3) is 0 Å². The summed E-state index contributed by atoms with van der Waals surface area (Å²) >= 11 is 6.11. The van der Waals surface area contributed by atoms with Crippen molar-refractivity contribution < 1.29 is 14.3 Å². The highest BCUT2D eigenvalue weighted by Crippen LogP contribution is 2.28. The Hall–Kier alpha value is -2.57. The number of rotatable bonds is 9. The number of carbonyl (C=O) groups excluding carboxylic acids is 2. The van der Waals surface area contributed by atoms with Gasteiger partial charge < -0.3 is 15.4 Å². The smallest absolute Gasteiger partial charge is 0.238 e. The summed E-state index contributed by atoms with van der Waals surface area (Å²) in [5.74, 6) is 0.392. The lowest BCUT2D eigenvalue weighted by Crippen LogP contribution is -2.37. The van der Waals surface area contributed by atoms with E-state index < -0.39 is 0 Å². The van der Waals surface area contributed by atoms with Crippen LogP contribution in [0.25, 0.3) is 0 Å². The Morgan fingerprint density at radius 3 is 2.40 bits per heavy atom. The largest absolute Gasteiger partial charge is 0.495 e. The highest BCUT2D eigenvalue weighted by atomic mass is 35.5. The number of hydrogen-bond donors (Lipinski definition) is 2. The fourth-order valence-electron chi connectivity index (χ4n) is 3.42. The average Bonchev–Trinajstić information content (AvgIpc) is 3.53. The van der Waals surface area contributed by atoms with Crippen LogP contribution in [0.5, 0.6) is 5.75 Å². The van der Waals surface area contributed by atoms with Crippen LogP contribution >= 0.6 is 11.6 Å². The minimum absolute atomic E-state index is 0.0540. The van der Waals surface area contributed by atoms with Gasteiger partial charge in [-0.25, -0.2) is 0 Å². The van der Waals surface area contributed by atoms with Crippen molar-refractivity contribution >= 4 is 34.8 Å². The zero-order valence-electron chi connectivity index (χ0n) is 17.6. The minimum Gasteiger partial charge on any atom is -0.495 e. The van der Waals surface area contributed by atoms with Gasteiger partial charge in [0.15, 0.2) is 0 Å². The molecule has 0 aromatic heterocycles. The van der Waals surface area contributed by atoms with E-state index in [0.29, 0.717) is 35.5 Å². The number of ether oxygens (including phenoxy) is 1. The van der Waals surface area contributed by atoms with Crippen molar-refractivity contribution in [2.45, 2.75) is 39.2 Å². The zero-order chi connectivity index (χ0) is 21.7. The second kappa shape index (κ2) is 9.96. The summed E-state index contributed by atoms with van der Waals surface area (Å²) in [6.45, 7) is 4.77. The number of hydrogen-bond acceptors (Lipinski definition) is 4. The fourth-order valence-corrected chi connectivity index (χ4v) is 3.68. The third-order valence-corrected chi connectivity index (χ3v) is 5.51. The van der Waals surface area contributed by atoms with Gasteiger partial charge in [-0.3, -0.25) is 14.5 Å². The lowest BCUT2D eigenvalue weighted by Gasteiger charge is -2.22. The molecule has 6 nitrogen and oxygen atoms in total. The normalized spacial score (nSPS) is 13.2. The van der Waals surface area contributed by atoms with Crippen molar-refractivity contribution in [3.8, 4) is 5.75 Å². The summed E-state index contributed by atoms with van der Waals surface area (Å²) in [5.41, 5.74) is 3.57. The van der Waals surface area contributed by atoms with E-state index in [1.807, 2.05) is 32.0 Å². The molecular formula is C23H28ClN3O3. The molecule has 1 fully saturated rings. The maximum absolute atomic E-state index is 12.6. The molecule has 1 saturated carbocycles. The lowest BCUT2D eigenvalue weighted by molar-refractivity contribution is -0.119. The van der Waals surface area contributed by atoms with Crippen molar-refractivity contribution in [2.24, 2.45) is 0 Å². The average molecular weight is 430 g/mol. The highest BCUT2D eigenvalue weighted by Gasteiger charge is 2.30. The number of carbonyl (C=O) groups is 2. The van der Waals surface area contributed by atoms with E-state index in [9.17, 15) is 9.59 Å². The molecule has 0 spiro atoms. The summed E-state index contributed by atoms with van der Waals surface area (Å²) in [7, 11) is 1.54. The van der Waals surface area contributed by atoms with Gasteiger partial charge in [-0.05, 0) is 56.0 Å². The molecule has 0 radical (unpaired) electrons. The van der Waals surface area contributed by atoms with Crippen LogP contribution in [0.15, 0.2) is 36.4 Å². The summed E-state index contributed by atoms with van der Waals surface area (Å²) in [6, 6.07) is 11.4. The predicted octanol–water partition coefficient (Wildman–Crippen LogP) is 4.40. The number of methoxy groups -OCH3 is 1. The van der Waals surface area contributed by atoms with Crippen molar-refractivity contribution in [1.82, 2.24) is 4.90 Å². The van der Waals surface area contributed by atoms with Crippen LogP contribution in [0, 0.1) is 13.8 Å². The molecule has 0 unspecified atom stereocenters. The second-order valence-corrected chi connectivity index (χ2v) is 8.07. The lowest BCUT2D eigenvalue weighted by atomic mass is 10.1. The highest BCUT2D eigenvalue weighted by molar-refractivity contribution is 6.32. The molecule has 2 N–H and O–H groups in total. The first-order chi connectivity index (χ1) is 14.4. The molecule has 0 saturated heterocycles. The van der Waals surface area contributed by atoms with E-state index in [1.165, 1.54) is 0 Å². The Kier molecular flexibility index (Phi) is 7.34. The van der Waals surface area contributed by atoms with Crippen molar-refractivity contribution in [3.05, 3.63) is 52.5 Å². The maximum Gasteiger partial charge on any atom is 0.238 e. The molecule has 0 heterocycles. The number of para-hydroxylation sites is 1. The second-order valence-electron chi connectivity index (χ2n) is 7.66. The summed E-state index contributed by atoms with van der Waals surface area (Å²) < 4.78 is 5.12. The van der Waals surface area contributed by atoms with E-state index in [1.54, 1.807) is 25.3 Å². The number of aryl methyl sites for hydroxylation is 2. The molecule has 30 heavy (non-hydrogen) atoms. The first-order valence-corrected chi connectivity index (χ1v) is 10.5. The molecule has 2 amide bonds. The molecule has 0 atom stereocenters. The quantitative estimate of drug-likeness (QED) is 0.619.